The van der Waals surface area contributed by atoms with Gasteiger partial charge in [-0.15, -0.1) is 0 Å². The second kappa shape index (κ2) is 6.48. The van der Waals surface area contributed by atoms with Crippen LogP contribution in [0.2, 0.25) is 5.02 Å². The number of nitrogens with two attached hydrogens (primary N) is 2. The fourth-order valence-electron chi connectivity index (χ4n) is 2.14. The zero-order chi connectivity index (χ0) is 13.0. The van der Waals surface area contributed by atoms with E-state index in [4.69, 9.17) is 22.5 Å². The molecule has 1 aliphatic heterocycles. The summed E-state index contributed by atoms with van der Waals surface area (Å²) in [5, 5.41) is 9.88. The van der Waals surface area contributed by atoms with Gasteiger partial charge >= 0.3 is 0 Å². The lowest BCUT2D eigenvalue weighted by Crippen LogP contribution is -2.29. The van der Waals surface area contributed by atoms with Gasteiger partial charge in [-0.3, -0.25) is 5.14 Å². The van der Waals surface area contributed by atoms with Crippen molar-refractivity contribution in [3.8, 4) is 0 Å². The third kappa shape index (κ3) is 3.42. The fourth-order valence-corrected chi connectivity index (χ4v) is 2.80. The summed E-state index contributed by atoms with van der Waals surface area (Å²) in [5.41, 5.74) is 8.26. The fraction of sp³-hybridized carbons (Fsp3) is 0.385. The number of halogens is 1. The average Bonchev–Trinajstić information content (AvgIpc) is 2.91. The van der Waals surface area contributed by atoms with Crippen LogP contribution in [0.15, 0.2) is 34.9 Å². The SMILES string of the molecule is NS/C(Cc1ccc(Cl)cc1)=C(\N)C1CCCN1. The quantitative estimate of drug-likeness (QED) is 0.743. The van der Waals surface area contributed by atoms with Gasteiger partial charge in [0.15, 0.2) is 0 Å². The molecular weight excluding hydrogens is 266 g/mol. The minimum Gasteiger partial charge on any atom is -0.400 e. The Bertz CT molecular complexity index is 424. The first-order valence-electron chi connectivity index (χ1n) is 6.04. The highest BCUT2D eigenvalue weighted by molar-refractivity contribution is 8.00. The first kappa shape index (κ1) is 13.7. The van der Waals surface area contributed by atoms with Crippen molar-refractivity contribution in [3.63, 3.8) is 0 Å². The summed E-state index contributed by atoms with van der Waals surface area (Å²) in [6.45, 7) is 1.04. The second-order valence-electron chi connectivity index (χ2n) is 4.45. The van der Waals surface area contributed by atoms with Crippen molar-refractivity contribution in [1.29, 1.82) is 0 Å². The smallest absolute Gasteiger partial charge is 0.0476 e. The minimum atomic E-state index is 0.281. The number of rotatable bonds is 4. The van der Waals surface area contributed by atoms with Crippen molar-refractivity contribution >= 4 is 23.5 Å². The van der Waals surface area contributed by atoms with Crippen molar-refractivity contribution in [1.82, 2.24) is 5.32 Å². The first-order valence-corrected chi connectivity index (χ1v) is 7.29. The highest BCUT2D eigenvalue weighted by Crippen LogP contribution is 2.23. The Kier molecular flexibility index (Phi) is 4.95. The van der Waals surface area contributed by atoms with E-state index in [1.165, 1.54) is 23.9 Å². The van der Waals surface area contributed by atoms with Gasteiger partial charge in [-0.25, -0.2) is 0 Å². The zero-order valence-corrected chi connectivity index (χ0v) is 11.7. The van der Waals surface area contributed by atoms with E-state index in [2.05, 4.69) is 5.32 Å². The highest BCUT2D eigenvalue weighted by Gasteiger charge is 2.19. The molecule has 3 nitrogen and oxygen atoms in total. The predicted octanol–water partition coefficient (Wildman–Crippen LogP) is 2.41. The third-order valence-electron chi connectivity index (χ3n) is 3.18. The van der Waals surface area contributed by atoms with Crippen molar-refractivity contribution in [2.45, 2.75) is 25.3 Å². The van der Waals surface area contributed by atoms with E-state index >= 15 is 0 Å². The van der Waals surface area contributed by atoms with Crippen molar-refractivity contribution in [2.75, 3.05) is 6.54 Å². The number of benzene rings is 1. The van der Waals surface area contributed by atoms with E-state index in [0.717, 1.165) is 35.0 Å². The maximum Gasteiger partial charge on any atom is 0.0476 e. The van der Waals surface area contributed by atoms with Gasteiger partial charge < -0.3 is 11.1 Å². The Morgan fingerprint density at radius 3 is 2.67 bits per heavy atom. The van der Waals surface area contributed by atoms with Crippen LogP contribution in [0, 0.1) is 0 Å². The molecular formula is C13H18ClN3S. The molecule has 18 heavy (non-hydrogen) atoms. The van der Waals surface area contributed by atoms with E-state index in [-0.39, 0.29) is 6.04 Å². The molecule has 1 aromatic carbocycles. The highest BCUT2D eigenvalue weighted by atomic mass is 35.5. The molecule has 5 N–H and O–H groups in total. The molecule has 0 spiro atoms. The molecule has 1 heterocycles. The molecule has 98 valence electrons. The van der Waals surface area contributed by atoms with Crippen LogP contribution in [0.1, 0.15) is 18.4 Å². The Balaban J connectivity index is 2.12. The van der Waals surface area contributed by atoms with Gasteiger partial charge in [0.25, 0.3) is 0 Å². The molecule has 5 heteroatoms. The summed E-state index contributed by atoms with van der Waals surface area (Å²) in [4.78, 5) is 1.04. The Morgan fingerprint density at radius 1 is 1.39 bits per heavy atom. The molecule has 1 saturated heterocycles. The van der Waals surface area contributed by atoms with E-state index in [1.807, 2.05) is 24.3 Å². The van der Waals surface area contributed by atoms with Crippen LogP contribution in [-0.2, 0) is 6.42 Å². The zero-order valence-electron chi connectivity index (χ0n) is 10.2. The van der Waals surface area contributed by atoms with Crippen molar-refractivity contribution in [2.24, 2.45) is 10.9 Å². The van der Waals surface area contributed by atoms with Crippen molar-refractivity contribution in [3.05, 3.63) is 45.5 Å². The summed E-state index contributed by atoms with van der Waals surface area (Å²) in [7, 11) is 0. The van der Waals surface area contributed by atoms with Crippen LogP contribution in [0.4, 0.5) is 0 Å². The summed E-state index contributed by atoms with van der Waals surface area (Å²) in [5.74, 6) is 0. The average molecular weight is 284 g/mol. The first-order chi connectivity index (χ1) is 8.70. The third-order valence-corrected chi connectivity index (χ3v) is 4.09. The van der Waals surface area contributed by atoms with E-state index in [9.17, 15) is 0 Å². The molecule has 0 amide bonds. The Labute approximate surface area is 117 Å². The molecule has 0 bridgehead atoms. The normalized spacial score (nSPS) is 20.9. The monoisotopic (exact) mass is 283 g/mol. The molecule has 0 aromatic heterocycles. The number of hydrogen-bond acceptors (Lipinski definition) is 4. The number of hydrogen-bond donors (Lipinski definition) is 3. The van der Waals surface area contributed by atoms with Crippen molar-refractivity contribution < 1.29 is 0 Å². The lowest BCUT2D eigenvalue weighted by molar-refractivity contribution is 0.677. The van der Waals surface area contributed by atoms with Gasteiger partial charge in [0, 0.05) is 28.1 Å². The minimum absolute atomic E-state index is 0.281. The molecule has 0 radical (unpaired) electrons. The van der Waals surface area contributed by atoms with E-state index in [1.54, 1.807) is 0 Å². The molecule has 1 fully saturated rings. The maximum atomic E-state index is 6.20. The second-order valence-corrected chi connectivity index (χ2v) is 5.61. The summed E-state index contributed by atoms with van der Waals surface area (Å²) < 4.78 is 0. The largest absolute Gasteiger partial charge is 0.400 e. The Hall–Kier alpha value is -0.680. The molecule has 1 aromatic rings. The molecule has 1 atom stereocenters. The molecule has 0 aliphatic carbocycles. The standard InChI is InChI=1S/C13H18ClN3S/c14-10-5-3-9(4-6-10)8-12(18-16)13(15)11-2-1-7-17-11/h3-6,11,17H,1-2,7-8,15-16H2/b13-12-. The van der Waals surface area contributed by atoms with Crippen LogP contribution in [0.25, 0.3) is 0 Å². The maximum absolute atomic E-state index is 6.20. The number of nitrogens with one attached hydrogen (secondary N) is 1. The van der Waals surface area contributed by atoms with Crippen LogP contribution in [0.5, 0.6) is 0 Å². The molecule has 1 unspecified atom stereocenters. The van der Waals surface area contributed by atoms with Crippen LogP contribution in [0.3, 0.4) is 0 Å². The van der Waals surface area contributed by atoms with Crippen LogP contribution in [-0.4, -0.2) is 12.6 Å². The van der Waals surface area contributed by atoms with E-state index in [0.29, 0.717) is 0 Å². The van der Waals surface area contributed by atoms with Gasteiger partial charge in [0.2, 0.25) is 0 Å². The van der Waals surface area contributed by atoms with Crippen LogP contribution >= 0.6 is 23.5 Å². The van der Waals surface area contributed by atoms with Gasteiger partial charge in [0.1, 0.15) is 0 Å². The van der Waals surface area contributed by atoms with E-state index < -0.39 is 0 Å². The van der Waals surface area contributed by atoms with Gasteiger partial charge in [-0.1, -0.05) is 35.7 Å². The van der Waals surface area contributed by atoms with Crippen LogP contribution < -0.4 is 16.2 Å². The Morgan fingerprint density at radius 2 is 2.11 bits per heavy atom. The summed E-state index contributed by atoms with van der Waals surface area (Å²) >= 11 is 7.12. The van der Waals surface area contributed by atoms with Gasteiger partial charge in [-0.05, 0) is 37.1 Å². The molecule has 0 saturated carbocycles. The molecule has 1 aliphatic rings. The predicted molar refractivity (Wildman–Crippen MR) is 79.2 cm³/mol. The lowest BCUT2D eigenvalue weighted by atomic mass is 10.1. The number of allylic oxidation sites excluding steroid dienone is 1. The summed E-state index contributed by atoms with van der Waals surface area (Å²) in [6, 6.07) is 8.07. The van der Waals surface area contributed by atoms with Gasteiger partial charge in [0.05, 0.1) is 0 Å². The molecule has 2 rings (SSSR count). The van der Waals surface area contributed by atoms with Gasteiger partial charge in [-0.2, -0.15) is 0 Å². The summed E-state index contributed by atoms with van der Waals surface area (Å²) in [6.07, 6.45) is 3.04. The lowest BCUT2D eigenvalue weighted by Gasteiger charge is -2.15. The topological polar surface area (TPSA) is 64.1 Å².